The molecule has 6 heteroatoms. The molecule has 0 aliphatic rings. The zero-order valence-electron chi connectivity index (χ0n) is 14.7. The molecule has 0 radical (unpaired) electrons. The van der Waals surface area contributed by atoms with Gasteiger partial charge in [-0.05, 0) is 42.7 Å². The summed E-state index contributed by atoms with van der Waals surface area (Å²) in [5, 5.41) is 2.81. The lowest BCUT2D eigenvalue weighted by Crippen LogP contribution is -2.14. The first-order valence-electron chi connectivity index (χ1n) is 7.89. The highest BCUT2D eigenvalue weighted by Gasteiger charge is 2.17. The van der Waals surface area contributed by atoms with Crippen LogP contribution in [0.5, 0.6) is 11.5 Å². The quantitative estimate of drug-likeness (QED) is 0.776. The van der Waals surface area contributed by atoms with E-state index >= 15 is 0 Å². The van der Waals surface area contributed by atoms with Gasteiger partial charge in [-0.25, -0.2) is 4.39 Å². The van der Waals surface area contributed by atoms with Gasteiger partial charge in [0.05, 0.1) is 24.4 Å². The first-order valence-corrected chi connectivity index (χ1v) is 8.27. The molecule has 0 bridgehead atoms. The topological polar surface area (TPSA) is 47.6 Å². The van der Waals surface area contributed by atoms with E-state index in [1.165, 1.54) is 25.3 Å². The number of hydrogen-bond donors (Lipinski definition) is 1. The van der Waals surface area contributed by atoms with E-state index in [2.05, 4.69) is 5.32 Å². The third-order valence-corrected chi connectivity index (χ3v) is 3.70. The van der Waals surface area contributed by atoms with Crippen LogP contribution in [-0.2, 0) is 0 Å². The number of aryl methyl sites for hydroxylation is 1. The van der Waals surface area contributed by atoms with Crippen LogP contribution in [0, 0.1) is 18.7 Å². The Balaban J connectivity index is 2.28. The second-order valence-electron chi connectivity index (χ2n) is 6.13. The lowest BCUT2D eigenvalue weighted by Gasteiger charge is -2.15. The van der Waals surface area contributed by atoms with E-state index < -0.39 is 11.7 Å². The molecule has 0 aliphatic heterocycles. The highest BCUT2D eigenvalue weighted by Crippen LogP contribution is 2.37. The summed E-state index contributed by atoms with van der Waals surface area (Å²) in [5.74, 6) is 0.0567. The average Bonchev–Trinajstić information content (AvgIpc) is 2.56. The molecule has 0 unspecified atom stereocenters. The predicted molar refractivity (Wildman–Crippen MR) is 97.4 cm³/mol. The van der Waals surface area contributed by atoms with Crippen LogP contribution in [0.1, 0.15) is 29.8 Å². The highest BCUT2D eigenvalue weighted by atomic mass is 35.5. The van der Waals surface area contributed by atoms with Crippen molar-refractivity contribution in [3.05, 3.63) is 52.3 Å². The molecule has 2 aromatic carbocycles. The first-order chi connectivity index (χ1) is 11.8. The summed E-state index contributed by atoms with van der Waals surface area (Å²) < 4.78 is 24.8. The molecule has 0 aromatic heterocycles. The number of benzene rings is 2. The Morgan fingerprint density at radius 3 is 2.64 bits per heavy atom. The van der Waals surface area contributed by atoms with Gasteiger partial charge >= 0.3 is 0 Å². The fourth-order valence-electron chi connectivity index (χ4n) is 2.17. The minimum Gasteiger partial charge on any atom is -0.493 e. The maximum atomic E-state index is 13.8. The molecule has 2 rings (SSSR count). The van der Waals surface area contributed by atoms with Crippen LogP contribution in [-0.4, -0.2) is 19.6 Å². The number of hydrogen-bond acceptors (Lipinski definition) is 3. The van der Waals surface area contributed by atoms with E-state index in [4.69, 9.17) is 21.1 Å². The van der Waals surface area contributed by atoms with Crippen LogP contribution in [0.3, 0.4) is 0 Å². The van der Waals surface area contributed by atoms with Crippen molar-refractivity contribution in [2.75, 3.05) is 19.0 Å². The van der Waals surface area contributed by atoms with Gasteiger partial charge in [-0.1, -0.05) is 31.5 Å². The van der Waals surface area contributed by atoms with Crippen LogP contribution in [0.15, 0.2) is 30.3 Å². The van der Waals surface area contributed by atoms with Gasteiger partial charge in [-0.3, -0.25) is 4.79 Å². The van der Waals surface area contributed by atoms with Crippen LogP contribution < -0.4 is 14.8 Å². The van der Waals surface area contributed by atoms with Crippen molar-refractivity contribution in [1.82, 2.24) is 0 Å². The summed E-state index contributed by atoms with van der Waals surface area (Å²) in [4.78, 5) is 12.4. The van der Waals surface area contributed by atoms with E-state index in [-0.39, 0.29) is 16.3 Å². The summed E-state index contributed by atoms with van der Waals surface area (Å²) in [6.07, 6.45) is 0. The smallest absolute Gasteiger partial charge is 0.255 e. The zero-order valence-corrected chi connectivity index (χ0v) is 15.4. The van der Waals surface area contributed by atoms with Gasteiger partial charge < -0.3 is 14.8 Å². The molecule has 0 atom stereocenters. The number of rotatable bonds is 6. The number of halogens is 2. The SMILES string of the molecule is COc1cc(C(=O)Nc2cc(C)ccc2F)cc(Cl)c1OCC(C)C. The maximum Gasteiger partial charge on any atom is 0.255 e. The normalized spacial score (nSPS) is 10.7. The molecule has 0 saturated carbocycles. The molecule has 0 aliphatic carbocycles. The minimum atomic E-state index is -0.506. The lowest BCUT2D eigenvalue weighted by molar-refractivity contribution is 0.102. The molecule has 1 amide bonds. The highest BCUT2D eigenvalue weighted by molar-refractivity contribution is 6.32. The largest absolute Gasteiger partial charge is 0.493 e. The zero-order chi connectivity index (χ0) is 18.6. The molecule has 0 fully saturated rings. The van der Waals surface area contributed by atoms with Gasteiger partial charge in [0, 0.05) is 5.56 Å². The molecule has 0 heterocycles. The number of ether oxygens (including phenoxy) is 2. The molecule has 134 valence electrons. The van der Waals surface area contributed by atoms with Gasteiger partial charge in [0.1, 0.15) is 5.82 Å². The molecule has 2 aromatic rings. The van der Waals surface area contributed by atoms with Crippen LogP contribution in [0.4, 0.5) is 10.1 Å². The summed E-state index contributed by atoms with van der Waals surface area (Å²) in [7, 11) is 1.47. The fourth-order valence-corrected chi connectivity index (χ4v) is 2.44. The predicted octanol–water partition coefficient (Wildman–Crippen LogP) is 5.08. The second kappa shape index (κ2) is 8.21. The van der Waals surface area contributed by atoms with E-state index in [0.29, 0.717) is 24.0 Å². The van der Waals surface area contributed by atoms with E-state index in [1.54, 1.807) is 12.1 Å². The third kappa shape index (κ3) is 4.86. The van der Waals surface area contributed by atoms with E-state index in [0.717, 1.165) is 5.56 Å². The average molecular weight is 366 g/mol. The van der Waals surface area contributed by atoms with Crippen LogP contribution in [0.25, 0.3) is 0 Å². The monoisotopic (exact) mass is 365 g/mol. The summed E-state index contributed by atoms with van der Waals surface area (Å²) >= 11 is 6.24. The minimum absolute atomic E-state index is 0.111. The number of amides is 1. The fraction of sp³-hybridized carbons (Fsp3) is 0.316. The Bertz CT molecular complexity index is 778. The van der Waals surface area contributed by atoms with Crippen LogP contribution >= 0.6 is 11.6 Å². The lowest BCUT2D eigenvalue weighted by atomic mass is 10.1. The van der Waals surface area contributed by atoms with Crippen LogP contribution in [0.2, 0.25) is 5.02 Å². The summed E-state index contributed by atoms with van der Waals surface area (Å²) in [6, 6.07) is 7.49. The summed E-state index contributed by atoms with van der Waals surface area (Å²) in [5.41, 5.74) is 1.20. The maximum absolute atomic E-state index is 13.8. The molecular formula is C19H21ClFNO3. The van der Waals surface area contributed by atoms with Gasteiger partial charge in [-0.15, -0.1) is 0 Å². The first kappa shape index (κ1) is 19.1. The number of anilines is 1. The van der Waals surface area contributed by atoms with Crippen molar-refractivity contribution in [2.24, 2.45) is 5.92 Å². The standard InChI is InChI=1S/C19H21ClFNO3/c1-11(2)10-25-18-14(20)8-13(9-17(18)24-4)19(23)22-16-7-12(3)5-6-15(16)21/h5-9,11H,10H2,1-4H3,(H,22,23). The number of nitrogens with one attached hydrogen (secondary N) is 1. The Hall–Kier alpha value is -2.27. The van der Waals surface area contributed by atoms with E-state index in [9.17, 15) is 9.18 Å². The number of methoxy groups -OCH3 is 1. The second-order valence-corrected chi connectivity index (χ2v) is 6.54. The Morgan fingerprint density at radius 2 is 2.00 bits per heavy atom. The Kier molecular flexibility index (Phi) is 6.26. The molecule has 25 heavy (non-hydrogen) atoms. The molecule has 4 nitrogen and oxygen atoms in total. The Morgan fingerprint density at radius 1 is 1.28 bits per heavy atom. The summed E-state index contributed by atoms with van der Waals surface area (Å²) in [6.45, 7) is 6.31. The van der Waals surface area contributed by atoms with Gasteiger partial charge in [-0.2, -0.15) is 0 Å². The van der Waals surface area contributed by atoms with Gasteiger partial charge in [0.15, 0.2) is 11.5 Å². The van der Waals surface area contributed by atoms with Crippen molar-refractivity contribution in [3.63, 3.8) is 0 Å². The molecule has 0 saturated heterocycles. The van der Waals surface area contributed by atoms with Gasteiger partial charge in [0.25, 0.3) is 5.91 Å². The van der Waals surface area contributed by atoms with E-state index in [1.807, 2.05) is 20.8 Å². The molecular weight excluding hydrogens is 345 g/mol. The van der Waals surface area contributed by atoms with Crippen molar-refractivity contribution in [2.45, 2.75) is 20.8 Å². The number of carbonyl (C=O) groups is 1. The van der Waals surface area contributed by atoms with Gasteiger partial charge in [0.2, 0.25) is 0 Å². The third-order valence-electron chi connectivity index (χ3n) is 3.42. The van der Waals surface area contributed by atoms with Crippen molar-refractivity contribution in [3.8, 4) is 11.5 Å². The Labute approximate surface area is 151 Å². The van der Waals surface area contributed by atoms with Crippen molar-refractivity contribution < 1.29 is 18.7 Å². The number of carbonyl (C=O) groups excluding carboxylic acids is 1. The molecule has 1 N–H and O–H groups in total. The van der Waals surface area contributed by atoms with Crippen molar-refractivity contribution >= 4 is 23.2 Å². The molecule has 0 spiro atoms. The van der Waals surface area contributed by atoms with Crippen molar-refractivity contribution in [1.29, 1.82) is 0 Å².